The van der Waals surface area contributed by atoms with Crippen molar-refractivity contribution in [3.63, 3.8) is 0 Å². The van der Waals surface area contributed by atoms with Gasteiger partial charge in [0.25, 0.3) is 0 Å². The second-order valence-electron chi connectivity index (χ2n) is 19.2. The minimum Gasteiger partial charge on any atom is -0.462 e. The summed E-state index contributed by atoms with van der Waals surface area (Å²) < 4.78 is 16.8. The van der Waals surface area contributed by atoms with Crippen molar-refractivity contribution in [2.45, 2.75) is 304 Å². The molecule has 0 radical (unpaired) electrons. The number of ether oxygens (including phenoxy) is 3. The van der Waals surface area contributed by atoms with E-state index in [9.17, 15) is 14.4 Å². The van der Waals surface area contributed by atoms with Crippen LogP contribution in [-0.4, -0.2) is 37.2 Å². The number of hydrogen-bond donors (Lipinski definition) is 0. The van der Waals surface area contributed by atoms with Gasteiger partial charge in [-0.25, -0.2) is 0 Å². The summed E-state index contributed by atoms with van der Waals surface area (Å²) in [4.78, 5) is 38.0. The van der Waals surface area contributed by atoms with Gasteiger partial charge in [0.2, 0.25) is 0 Å². The third-order valence-electron chi connectivity index (χ3n) is 12.6. The van der Waals surface area contributed by atoms with E-state index in [1.807, 2.05) is 0 Å². The van der Waals surface area contributed by atoms with Crippen molar-refractivity contribution in [3.05, 3.63) is 0 Å². The second-order valence-corrected chi connectivity index (χ2v) is 19.2. The Morgan fingerprint density at radius 2 is 0.633 bits per heavy atom. The van der Waals surface area contributed by atoms with E-state index >= 15 is 0 Å². The highest BCUT2D eigenvalue weighted by Crippen LogP contribution is 2.18. The van der Waals surface area contributed by atoms with Gasteiger partial charge in [0.05, 0.1) is 0 Å². The average Bonchev–Trinajstić information content (AvgIpc) is 3.23. The van der Waals surface area contributed by atoms with Crippen molar-refractivity contribution < 1.29 is 28.6 Å². The molecule has 6 nitrogen and oxygen atoms in total. The van der Waals surface area contributed by atoms with E-state index in [0.717, 1.165) is 69.6 Å². The van der Waals surface area contributed by atoms with Crippen LogP contribution < -0.4 is 0 Å². The summed E-state index contributed by atoms with van der Waals surface area (Å²) in [7, 11) is 0. The lowest BCUT2D eigenvalue weighted by Gasteiger charge is -2.18. The first-order valence-electron chi connectivity index (χ1n) is 26.8. The summed E-state index contributed by atoms with van der Waals surface area (Å²) >= 11 is 0. The zero-order chi connectivity index (χ0) is 44.0. The molecule has 0 aliphatic rings. The summed E-state index contributed by atoms with van der Waals surface area (Å²) in [6.45, 7) is 11.4. The molecule has 6 heteroatoms. The molecule has 0 aromatic rings. The summed E-state index contributed by atoms with van der Waals surface area (Å²) in [5.41, 5.74) is 0. The largest absolute Gasteiger partial charge is 0.462 e. The van der Waals surface area contributed by atoms with Gasteiger partial charge < -0.3 is 14.2 Å². The van der Waals surface area contributed by atoms with Crippen LogP contribution in [0.3, 0.4) is 0 Å². The van der Waals surface area contributed by atoms with E-state index in [1.165, 1.54) is 186 Å². The van der Waals surface area contributed by atoms with Crippen LogP contribution in [0.5, 0.6) is 0 Å². The van der Waals surface area contributed by atoms with Gasteiger partial charge in [0.15, 0.2) is 6.10 Å². The lowest BCUT2D eigenvalue weighted by Crippen LogP contribution is -2.30. The van der Waals surface area contributed by atoms with Crippen molar-refractivity contribution >= 4 is 17.9 Å². The molecule has 0 fully saturated rings. The zero-order valence-electron chi connectivity index (χ0n) is 41.1. The molecular weight excluding hydrogens is 745 g/mol. The van der Waals surface area contributed by atoms with E-state index in [0.29, 0.717) is 19.3 Å². The minimum atomic E-state index is -0.762. The lowest BCUT2D eigenvalue weighted by atomic mass is 10.00. The van der Waals surface area contributed by atoms with E-state index in [1.54, 1.807) is 0 Å². The third-order valence-corrected chi connectivity index (χ3v) is 12.6. The van der Waals surface area contributed by atoms with Gasteiger partial charge in [0.1, 0.15) is 13.2 Å². The Morgan fingerprint density at radius 3 is 0.950 bits per heavy atom. The van der Waals surface area contributed by atoms with Crippen molar-refractivity contribution in [1.29, 1.82) is 0 Å². The molecule has 0 bridgehead atoms. The van der Waals surface area contributed by atoms with E-state index in [2.05, 4.69) is 34.6 Å². The van der Waals surface area contributed by atoms with Crippen LogP contribution in [0.25, 0.3) is 0 Å². The second kappa shape index (κ2) is 46.9. The Morgan fingerprint density at radius 1 is 0.350 bits per heavy atom. The summed E-state index contributed by atoms with van der Waals surface area (Å²) in [5.74, 6) is 0.806. The third kappa shape index (κ3) is 45.9. The predicted molar refractivity (Wildman–Crippen MR) is 256 cm³/mol. The Bertz CT molecular complexity index is 918. The Balaban J connectivity index is 4.26. The molecule has 1 unspecified atom stereocenters. The molecule has 0 amide bonds. The quantitative estimate of drug-likeness (QED) is 0.0345. The molecule has 0 aromatic carbocycles. The Labute approximate surface area is 374 Å². The fourth-order valence-electron chi connectivity index (χ4n) is 8.13. The number of rotatable bonds is 48. The lowest BCUT2D eigenvalue weighted by molar-refractivity contribution is -0.167. The highest BCUT2D eigenvalue weighted by molar-refractivity contribution is 5.71. The summed E-state index contributed by atoms with van der Waals surface area (Å²) in [6.07, 6.45) is 48.1. The van der Waals surface area contributed by atoms with E-state index < -0.39 is 6.10 Å². The molecular formula is C54H104O6. The Hall–Kier alpha value is -1.59. The first kappa shape index (κ1) is 58.4. The molecule has 0 saturated heterocycles. The van der Waals surface area contributed by atoms with Crippen molar-refractivity contribution in [3.8, 4) is 0 Å². The van der Waals surface area contributed by atoms with Crippen LogP contribution in [0.4, 0.5) is 0 Å². The van der Waals surface area contributed by atoms with Crippen molar-refractivity contribution in [2.24, 2.45) is 11.8 Å². The first-order chi connectivity index (χ1) is 29.3. The van der Waals surface area contributed by atoms with Crippen LogP contribution in [0.1, 0.15) is 298 Å². The van der Waals surface area contributed by atoms with E-state index in [4.69, 9.17) is 14.2 Å². The predicted octanol–water partition coefficient (Wildman–Crippen LogP) is 17.3. The number of esters is 3. The smallest absolute Gasteiger partial charge is 0.306 e. The maximum Gasteiger partial charge on any atom is 0.306 e. The molecule has 0 saturated carbocycles. The molecule has 0 aliphatic heterocycles. The van der Waals surface area contributed by atoms with Crippen LogP contribution in [0.2, 0.25) is 0 Å². The number of unbranched alkanes of at least 4 members (excludes halogenated alkanes) is 32. The molecule has 0 aromatic heterocycles. The molecule has 0 rings (SSSR count). The van der Waals surface area contributed by atoms with Gasteiger partial charge >= 0.3 is 17.9 Å². The van der Waals surface area contributed by atoms with Crippen LogP contribution in [0, 0.1) is 11.8 Å². The Kier molecular flexibility index (Phi) is 45.7. The minimum absolute atomic E-state index is 0.0643. The number of hydrogen-bond acceptors (Lipinski definition) is 6. The monoisotopic (exact) mass is 849 g/mol. The number of carbonyl (C=O) groups excluding carboxylic acids is 3. The topological polar surface area (TPSA) is 78.9 Å². The maximum atomic E-state index is 12.8. The molecule has 0 heterocycles. The van der Waals surface area contributed by atoms with Gasteiger partial charge in [0, 0.05) is 19.3 Å². The van der Waals surface area contributed by atoms with Crippen LogP contribution in [-0.2, 0) is 28.6 Å². The van der Waals surface area contributed by atoms with Crippen LogP contribution in [0.15, 0.2) is 0 Å². The summed E-state index contributed by atoms with van der Waals surface area (Å²) in [6, 6.07) is 0. The zero-order valence-corrected chi connectivity index (χ0v) is 41.1. The van der Waals surface area contributed by atoms with Crippen LogP contribution >= 0.6 is 0 Å². The molecule has 0 aliphatic carbocycles. The highest BCUT2D eigenvalue weighted by atomic mass is 16.6. The SMILES string of the molecule is CCCCCCCCCCCCCCCCCC(=O)OC[C@H](COC(=O)CCCCCCCCCCCCCCCCC(C)C)OC(=O)CCCCCCCCC(C)CC. The van der Waals surface area contributed by atoms with Crippen molar-refractivity contribution in [2.75, 3.05) is 13.2 Å². The maximum absolute atomic E-state index is 12.8. The normalized spacial score (nSPS) is 12.5. The molecule has 0 N–H and O–H groups in total. The molecule has 2 atom stereocenters. The molecule has 356 valence electrons. The molecule has 0 spiro atoms. The number of carbonyl (C=O) groups is 3. The van der Waals surface area contributed by atoms with Crippen molar-refractivity contribution in [1.82, 2.24) is 0 Å². The fraction of sp³-hybridized carbons (Fsp3) is 0.944. The average molecular weight is 849 g/mol. The van der Waals surface area contributed by atoms with Gasteiger partial charge in [-0.3, -0.25) is 14.4 Å². The molecule has 60 heavy (non-hydrogen) atoms. The fourth-order valence-corrected chi connectivity index (χ4v) is 8.13. The standard InChI is InChI=1S/C54H104O6/c1-6-8-9-10-11-12-13-14-15-19-22-25-28-34-39-44-52(55)58-47-51(60-54(57)46-41-36-31-30-33-38-43-50(5)7-2)48-59-53(56)45-40-35-29-26-23-20-17-16-18-21-24-27-32-37-42-49(3)4/h49-51H,6-48H2,1-5H3/t50?,51-/m1/s1. The van der Waals surface area contributed by atoms with Gasteiger partial charge in [-0.05, 0) is 31.1 Å². The van der Waals surface area contributed by atoms with Gasteiger partial charge in [-0.2, -0.15) is 0 Å². The van der Waals surface area contributed by atoms with E-state index in [-0.39, 0.29) is 31.1 Å². The van der Waals surface area contributed by atoms with Gasteiger partial charge in [-0.15, -0.1) is 0 Å². The van der Waals surface area contributed by atoms with Gasteiger partial charge in [-0.1, -0.05) is 259 Å². The summed E-state index contributed by atoms with van der Waals surface area (Å²) in [5, 5.41) is 0. The highest BCUT2D eigenvalue weighted by Gasteiger charge is 2.19. The first-order valence-corrected chi connectivity index (χ1v) is 26.8.